The zero-order valence-electron chi connectivity index (χ0n) is 4.88. The zero-order chi connectivity index (χ0) is 7.28. The van der Waals surface area contributed by atoms with Gasteiger partial charge < -0.3 is 4.74 Å². The fourth-order valence-electron chi connectivity index (χ4n) is 0.290. The molecule has 0 unspecified atom stereocenters. The number of carbonyl (C=O) groups is 2. The summed E-state index contributed by atoms with van der Waals surface area (Å²) in [6.45, 7) is 1.25. The Hall–Kier alpha value is -1.37. The number of rotatable bonds is 2. The number of nitrogens with zero attached hydrogens (tertiary/aromatic N) is 1. The third-order valence-corrected chi connectivity index (χ3v) is 0.553. The van der Waals surface area contributed by atoms with Gasteiger partial charge in [-0.1, -0.05) is 0 Å². The minimum atomic E-state index is -0.801. The van der Waals surface area contributed by atoms with Gasteiger partial charge in [-0.3, -0.25) is 9.59 Å². The number of esters is 1. The highest BCUT2D eigenvalue weighted by Crippen LogP contribution is 1.84. The number of carbonyl (C=O) groups excluding carboxylic acids is 2. The van der Waals surface area contributed by atoms with E-state index in [0.29, 0.717) is 0 Å². The van der Waals surface area contributed by atoms with E-state index in [-0.39, 0.29) is 12.2 Å². The normalized spacial score (nSPS) is 7.56. The first-order valence-electron chi connectivity index (χ1n) is 2.25. The predicted octanol–water partition coefficient (Wildman–Crippen LogP) is -0.0102. The maximum atomic E-state index is 10.2. The molecule has 0 aromatic rings. The molecule has 0 saturated heterocycles. The zero-order valence-corrected chi connectivity index (χ0v) is 4.88. The molecule has 0 aliphatic heterocycles. The van der Waals surface area contributed by atoms with Crippen molar-refractivity contribution in [1.29, 1.82) is 5.26 Å². The quantitative estimate of drug-likeness (QED) is 0.297. The molecule has 0 bridgehead atoms. The monoisotopic (exact) mass is 127 g/mol. The Morgan fingerprint density at radius 3 is 2.56 bits per heavy atom. The van der Waals surface area contributed by atoms with Crippen LogP contribution < -0.4 is 0 Å². The second-order valence-electron chi connectivity index (χ2n) is 1.44. The Morgan fingerprint density at radius 2 is 2.22 bits per heavy atom. The van der Waals surface area contributed by atoms with Gasteiger partial charge in [0.15, 0.2) is 0 Å². The number of ether oxygens (including phenoxy) is 1. The highest BCUT2D eigenvalue weighted by atomic mass is 16.5. The summed E-state index contributed by atoms with van der Waals surface area (Å²) in [7, 11) is 0. The van der Waals surface area contributed by atoms with Gasteiger partial charge in [0.25, 0.3) is 6.26 Å². The molecular weight excluding hydrogens is 122 g/mol. The van der Waals surface area contributed by atoms with Crippen LogP contribution in [-0.2, 0) is 14.3 Å². The Morgan fingerprint density at radius 1 is 1.67 bits per heavy atom. The molecule has 0 fully saturated rings. The molecule has 0 radical (unpaired) electrons. The van der Waals surface area contributed by atoms with E-state index in [1.54, 1.807) is 0 Å². The van der Waals surface area contributed by atoms with Gasteiger partial charge in [-0.2, -0.15) is 0 Å². The van der Waals surface area contributed by atoms with E-state index < -0.39 is 5.97 Å². The third-order valence-electron chi connectivity index (χ3n) is 0.553. The van der Waals surface area contributed by atoms with Crippen molar-refractivity contribution in [1.82, 2.24) is 0 Å². The van der Waals surface area contributed by atoms with Crippen LogP contribution in [0.4, 0.5) is 0 Å². The van der Waals surface area contributed by atoms with Gasteiger partial charge in [0, 0.05) is 0 Å². The molecule has 48 valence electrons. The maximum absolute atomic E-state index is 10.2. The Kier molecular flexibility index (Phi) is 3.06. The molecule has 0 amide bonds. The molecular formula is C5H5NO3. The second kappa shape index (κ2) is 3.61. The van der Waals surface area contributed by atoms with Gasteiger partial charge in [-0.15, -0.1) is 5.26 Å². The molecule has 9 heavy (non-hydrogen) atoms. The van der Waals surface area contributed by atoms with Crippen LogP contribution in [0.15, 0.2) is 0 Å². The number of Topliss-reactive ketones (excluding diaryl/α,β-unsaturated/α-hetero) is 1. The van der Waals surface area contributed by atoms with Crippen molar-refractivity contribution in [3.63, 3.8) is 0 Å². The Balaban J connectivity index is 3.54. The number of hydrogen-bond acceptors (Lipinski definition) is 4. The average molecular weight is 127 g/mol. The largest absolute Gasteiger partial charge is 0.351 e. The van der Waals surface area contributed by atoms with Crippen molar-refractivity contribution in [3.05, 3.63) is 0 Å². The van der Waals surface area contributed by atoms with Crippen LogP contribution in [0.25, 0.3) is 0 Å². The van der Waals surface area contributed by atoms with Crippen molar-refractivity contribution in [2.24, 2.45) is 0 Å². The van der Waals surface area contributed by atoms with E-state index in [4.69, 9.17) is 5.26 Å². The van der Waals surface area contributed by atoms with E-state index in [2.05, 4.69) is 4.74 Å². The number of hydrogen-bond donors (Lipinski definition) is 0. The summed E-state index contributed by atoms with van der Waals surface area (Å²) in [4.78, 5) is 20.3. The van der Waals surface area contributed by atoms with Gasteiger partial charge in [0.1, 0.15) is 12.2 Å². The lowest BCUT2D eigenvalue weighted by atomic mass is 10.3. The van der Waals surface area contributed by atoms with Crippen molar-refractivity contribution in [2.45, 2.75) is 13.3 Å². The molecule has 0 spiro atoms. The molecule has 0 saturated carbocycles. The van der Waals surface area contributed by atoms with Crippen LogP contribution in [0.1, 0.15) is 13.3 Å². The number of ketones is 1. The molecule has 4 heteroatoms. The van der Waals surface area contributed by atoms with Crippen molar-refractivity contribution in [3.8, 4) is 6.26 Å². The van der Waals surface area contributed by atoms with Crippen molar-refractivity contribution >= 4 is 11.8 Å². The van der Waals surface area contributed by atoms with Crippen LogP contribution in [0, 0.1) is 11.5 Å². The molecule has 0 aliphatic rings. The average Bonchev–Trinajstić information content (AvgIpc) is 1.63. The van der Waals surface area contributed by atoms with Crippen molar-refractivity contribution < 1.29 is 14.3 Å². The van der Waals surface area contributed by atoms with Crippen LogP contribution in [0.3, 0.4) is 0 Å². The lowest BCUT2D eigenvalue weighted by Gasteiger charge is -1.87. The molecule has 0 rings (SSSR count). The van der Waals surface area contributed by atoms with Gasteiger partial charge in [-0.25, -0.2) is 0 Å². The van der Waals surface area contributed by atoms with E-state index in [9.17, 15) is 9.59 Å². The molecule has 0 aromatic carbocycles. The highest BCUT2D eigenvalue weighted by Gasteiger charge is 2.04. The summed E-state index contributed by atoms with van der Waals surface area (Å²) < 4.78 is 3.80. The summed E-state index contributed by atoms with van der Waals surface area (Å²) in [6, 6.07) is 0. The lowest BCUT2D eigenvalue weighted by Crippen LogP contribution is -2.04. The molecule has 0 aromatic heterocycles. The fourth-order valence-corrected chi connectivity index (χ4v) is 0.290. The minimum Gasteiger partial charge on any atom is -0.351 e. The molecule has 0 aliphatic carbocycles. The minimum absolute atomic E-state index is 0.310. The third kappa shape index (κ3) is 4.48. The number of nitriles is 1. The van der Waals surface area contributed by atoms with Crippen LogP contribution in [0.5, 0.6) is 0 Å². The van der Waals surface area contributed by atoms with E-state index in [1.807, 2.05) is 0 Å². The van der Waals surface area contributed by atoms with E-state index >= 15 is 0 Å². The molecule has 0 heterocycles. The van der Waals surface area contributed by atoms with Crippen LogP contribution in [-0.4, -0.2) is 11.8 Å². The Labute approximate surface area is 52.0 Å². The van der Waals surface area contributed by atoms with Crippen molar-refractivity contribution in [2.75, 3.05) is 0 Å². The summed E-state index contributed by atoms with van der Waals surface area (Å²) in [6.07, 6.45) is 0.845. The molecule has 0 N–H and O–H groups in total. The SMILES string of the molecule is CC(=O)CC(=O)OC#N. The van der Waals surface area contributed by atoms with Crippen LogP contribution in [0.2, 0.25) is 0 Å². The maximum Gasteiger partial charge on any atom is 0.329 e. The first-order valence-corrected chi connectivity index (χ1v) is 2.25. The smallest absolute Gasteiger partial charge is 0.329 e. The summed E-state index contributed by atoms with van der Waals surface area (Å²) in [5.41, 5.74) is 0. The topological polar surface area (TPSA) is 67.2 Å². The fraction of sp³-hybridized carbons (Fsp3) is 0.400. The van der Waals surface area contributed by atoms with Gasteiger partial charge in [-0.05, 0) is 6.92 Å². The lowest BCUT2D eigenvalue weighted by molar-refractivity contribution is -0.139. The van der Waals surface area contributed by atoms with Gasteiger partial charge in [0.05, 0.1) is 0 Å². The first kappa shape index (κ1) is 7.63. The van der Waals surface area contributed by atoms with E-state index in [1.165, 1.54) is 13.2 Å². The summed E-state index contributed by atoms with van der Waals surface area (Å²) in [5, 5.41) is 7.75. The standard InChI is InChI=1S/C5H5NO3/c1-4(7)2-5(8)9-3-6/h2H2,1H3. The van der Waals surface area contributed by atoms with Gasteiger partial charge >= 0.3 is 5.97 Å². The highest BCUT2D eigenvalue weighted by molar-refractivity contribution is 5.94. The first-order chi connectivity index (χ1) is 4.16. The van der Waals surface area contributed by atoms with Crippen LogP contribution >= 0.6 is 0 Å². The van der Waals surface area contributed by atoms with Gasteiger partial charge in [0.2, 0.25) is 0 Å². The molecule has 4 nitrogen and oxygen atoms in total. The predicted molar refractivity (Wildman–Crippen MR) is 27.0 cm³/mol. The Bertz CT molecular complexity index is 168. The molecule has 0 atom stereocenters. The summed E-state index contributed by atoms with van der Waals surface area (Å²) >= 11 is 0. The van der Waals surface area contributed by atoms with E-state index in [0.717, 1.165) is 0 Å². The summed E-state index contributed by atoms with van der Waals surface area (Å²) in [5.74, 6) is -1.11. The second-order valence-corrected chi connectivity index (χ2v) is 1.44.